The van der Waals surface area contributed by atoms with Crippen LogP contribution < -0.4 is 11.1 Å². The molecule has 1 saturated heterocycles. The smallest absolute Gasteiger partial charge is 0.490 e. The summed E-state index contributed by atoms with van der Waals surface area (Å²) in [4.78, 5) is 47.7. The second-order valence-corrected chi connectivity index (χ2v) is 11.3. The number of nitrogens with one attached hydrogen (secondary N) is 2. The minimum atomic E-state index is -5.08. The summed E-state index contributed by atoms with van der Waals surface area (Å²) in [6.07, 6.45) is -1.65. The Balaban J connectivity index is 0.000000587. The lowest BCUT2D eigenvalue weighted by Crippen LogP contribution is -2.71. The van der Waals surface area contributed by atoms with Gasteiger partial charge in [0.25, 0.3) is 5.91 Å². The zero-order valence-electron chi connectivity index (χ0n) is 20.9. The summed E-state index contributed by atoms with van der Waals surface area (Å²) in [6.45, 7) is 0. The van der Waals surface area contributed by atoms with Crippen LogP contribution >= 0.6 is 35.3 Å². The van der Waals surface area contributed by atoms with Crippen LogP contribution in [0.1, 0.15) is 17.2 Å². The van der Waals surface area contributed by atoms with Gasteiger partial charge in [0.1, 0.15) is 33.9 Å². The number of rotatable bonds is 9. The van der Waals surface area contributed by atoms with Crippen molar-refractivity contribution in [3.05, 3.63) is 46.8 Å². The summed E-state index contributed by atoms with van der Waals surface area (Å²) in [5, 5.41) is 39.8. The van der Waals surface area contributed by atoms with Gasteiger partial charge in [-0.15, -0.1) is 16.9 Å². The Labute approximate surface area is 242 Å². The Morgan fingerprint density at radius 2 is 1.98 bits per heavy atom. The molecule has 0 radical (unpaired) electrons. The Morgan fingerprint density at radius 1 is 1.29 bits per heavy atom. The summed E-state index contributed by atoms with van der Waals surface area (Å²) < 4.78 is 31.7. The Morgan fingerprint density at radius 3 is 2.54 bits per heavy atom. The Hall–Kier alpha value is -3.42. The van der Waals surface area contributed by atoms with Crippen LogP contribution in [0.5, 0.6) is 5.75 Å². The van der Waals surface area contributed by atoms with Gasteiger partial charge in [0.2, 0.25) is 5.91 Å². The highest BCUT2D eigenvalue weighted by molar-refractivity contribution is 8.01. The van der Waals surface area contributed by atoms with Crippen molar-refractivity contribution in [2.24, 2.45) is 5.73 Å². The summed E-state index contributed by atoms with van der Waals surface area (Å²) in [7, 11) is 0. The number of alkyl halides is 3. The van der Waals surface area contributed by atoms with Crippen molar-refractivity contribution in [2.45, 2.75) is 34.4 Å². The highest BCUT2D eigenvalue weighted by Crippen LogP contribution is 2.41. The molecule has 1 fully saturated rings. The van der Waals surface area contributed by atoms with Crippen molar-refractivity contribution < 1.29 is 47.7 Å². The second-order valence-electron chi connectivity index (χ2n) is 8.35. The maximum Gasteiger partial charge on any atom is 0.490 e. The van der Waals surface area contributed by atoms with Crippen LogP contribution in [0, 0.1) is 0 Å². The van der Waals surface area contributed by atoms with Gasteiger partial charge in [0, 0.05) is 22.8 Å². The summed E-state index contributed by atoms with van der Waals surface area (Å²) in [5.74, 6) is -3.56. The second kappa shape index (κ2) is 13.5. The monoisotopic (exact) mass is 636 g/mol. The van der Waals surface area contributed by atoms with Gasteiger partial charge in [-0.25, -0.2) is 9.59 Å². The van der Waals surface area contributed by atoms with Gasteiger partial charge in [-0.05, 0) is 29.5 Å². The fourth-order valence-corrected chi connectivity index (χ4v) is 6.49. The van der Waals surface area contributed by atoms with E-state index in [4.69, 9.17) is 15.6 Å². The van der Waals surface area contributed by atoms with Gasteiger partial charge in [-0.2, -0.15) is 35.2 Å². The van der Waals surface area contributed by atoms with Crippen LogP contribution in [0.2, 0.25) is 0 Å². The number of carbonyl (C=O) groups is 4. The molecule has 2 aromatic rings. The van der Waals surface area contributed by atoms with Crippen molar-refractivity contribution in [2.75, 3.05) is 17.8 Å². The van der Waals surface area contributed by atoms with Crippen molar-refractivity contribution in [1.29, 1.82) is 0 Å². The maximum absolute atomic E-state index is 12.9. The van der Waals surface area contributed by atoms with E-state index >= 15 is 0 Å². The summed E-state index contributed by atoms with van der Waals surface area (Å²) >= 11 is 4.23. The van der Waals surface area contributed by atoms with E-state index in [2.05, 4.69) is 20.7 Å². The van der Waals surface area contributed by atoms with Crippen molar-refractivity contribution in [3.63, 3.8) is 0 Å². The van der Waals surface area contributed by atoms with Gasteiger partial charge >= 0.3 is 18.1 Å². The molecule has 3 unspecified atom stereocenters. The number of phenols is 1. The third-order valence-corrected chi connectivity index (χ3v) is 8.55. The number of hydrogen-bond donors (Lipinski definition) is 6. The normalized spacial score (nSPS) is 19.0. The number of hydrogen-bond acceptors (Lipinski definition) is 11. The van der Waals surface area contributed by atoms with E-state index in [0.717, 1.165) is 0 Å². The quantitative estimate of drug-likeness (QED) is 0.171. The molecular weight excluding hydrogens is 613 g/mol. The molecule has 2 aliphatic rings. The standard InChI is InChI=1S/C20H22N6O5S3.C2HF3O2/c1-32-6-10-4-9(2-3-12(10)27)14(21)17(28)23-15-18(29)26-16(20(30)31)11(8-34-19(15)26)7-33-13-5-22-25-24-13;3-2(4,5)1(6)7/h2-5,14-15,19,27H,6-8,21H2,1H3,(H,23,28)(H,30,31)(H,22,24,25);(H,6,7). The molecule has 3 atom stereocenters. The topological polar surface area (TPSA) is 212 Å². The lowest BCUT2D eigenvalue weighted by molar-refractivity contribution is -0.192. The average molecular weight is 637 g/mol. The predicted octanol–water partition coefficient (Wildman–Crippen LogP) is 1.54. The summed E-state index contributed by atoms with van der Waals surface area (Å²) in [5.41, 5.74) is 7.84. The number of nitrogens with two attached hydrogens (primary N) is 1. The first-order chi connectivity index (χ1) is 19.3. The van der Waals surface area contributed by atoms with Crippen LogP contribution in [0.25, 0.3) is 0 Å². The predicted molar refractivity (Wildman–Crippen MR) is 143 cm³/mol. The minimum Gasteiger partial charge on any atom is -0.508 e. The number of β-lactam (4-membered cyclic amide) rings is 1. The van der Waals surface area contributed by atoms with E-state index in [1.54, 1.807) is 12.1 Å². The minimum absolute atomic E-state index is 0.0558. The molecule has 1 aromatic heterocycles. The number of carbonyl (C=O) groups excluding carboxylic acids is 2. The van der Waals surface area contributed by atoms with Crippen molar-refractivity contribution in [3.8, 4) is 5.75 Å². The molecular formula is C22H23F3N6O7S3. The molecule has 0 bridgehead atoms. The molecule has 3 heterocycles. The molecule has 0 saturated carbocycles. The van der Waals surface area contributed by atoms with Gasteiger partial charge < -0.3 is 26.4 Å². The van der Waals surface area contributed by atoms with E-state index in [1.165, 1.54) is 52.4 Å². The molecule has 7 N–H and O–H groups in total. The number of aromatic hydroxyl groups is 1. The van der Waals surface area contributed by atoms with E-state index in [9.17, 15) is 37.8 Å². The van der Waals surface area contributed by atoms with Gasteiger partial charge in [-0.1, -0.05) is 17.8 Å². The molecule has 4 rings (SSSR count). The summed E-state index contributed by atoms with van der Waals surface area (Å²) in [6, 6.07) is 2.82. The number of nitrogens with zero attached hydrogens (tertiary/aromatic N) is 3. The third-order valence-electron chi connectivity index (χ3n) is 5.62. The zero-order chi connectivity index (χ0) is 30.5. The van der Waals surface area contributed by atoms with Crippen LogP contribution in [0.4, 0.5) is 13.2 Å². The molecule has 2 aliphatic heterocycles. The molecule has 1 aromatic carbocycles. The number of carboxylic acids is 2. The fraction of sp³-hybridized carbons (Fsp3) is 0.364. The molecule has 0 aliphatic carbocycles. The van der Waals surface area contributed by atoms with Crippen LogP contribution in [0.3, 0.4) is 0 Å². The first-order valence-corrected chi connectivity index (χ1v) is 14.7. The number of halogens is 3. The van der Waals surface area contributed by atoms with E-state index in [-0.39, 0.29) is 11.4 Å². The number of fused-ring (bicyclic) bond motifs is 1. The number of phenolic OH excluding ortho intramolecular Hbond substituents is 1. The number of aliphatic carboxylic acids is 2. The number of thioether (sulfide) groups is 3. The zero-order valence-corrected chi connectivity index (χ0v) is 23.4. The number of benzene rings is 1. The van der Waals surface area contributed by atoms with Crippen LogP contribution in [-0.2, 0) is 24.9 Å². The third kappa shape index (κ3) is 7.66. The molecule has 19 heteroatoms. The van der Waals surface area contributed by atoms with E-state index in [1.807, 2.05) is 6.26 Å². The lowest BCUT2D eigenvalue weighted by atomic mass is 10.0. The van der Waals surface area contributed by atoms with Gasteiger partial charge in [-0.3, -0.25) is 14.5 Å². The highest BCUT2D eigenvalue weighted by atomic mass is 32.2. The number of carboxylic acid groups (broad SMARTS) is 2. The van der Waals surface area contributed by atoms with Crippen LogP contribution in [0.15, 0.2) is 40.7 Å². The van der Waals surface area contributed by atoms with Gasteiger partial charge in [0.15, 0.2) is 0 Å². The van der Waals surface area contributed by atoms with Gasteiger partial charge in [0.05, 0.1) is 6.20 Å². The number of H-pyrrole nitrogens is 1. The number of amides is 2. The Kier molecular flexibility index (Phi) is 10.6. The largest absolute Gasteiger partial charge is 0.508 e. The van der Waals surface area contributed by atoms with Crippen LogP contribution in [-0.4, -0.2) is 94.7 Å². The first-order valence-electron chi connectivity index (χ1n) is 11.3. The van der Waals surface area contributed by atoms with Crippen molar-refractivity contribution in [1.82, 2.24) is 25.6 Å². The number of aromatic amines is 1. The molecule has 222 valence electrons. The lowest BCUT2D eigenvalue weighted by Gasteiger charge is -2.49. The molecule has 2 amide bonds. The average Bonchev–Trinajstić information content (AvgIpc) is 3.44. The molecule has 41 heavy (non-hydrogen) atoms. The first kappa shape index (κ1) is 32.1. The Bertz CT molecular complexity index is 1340. The number of aromatic nitrogens is 3. The maximum atomic E-state index is 12.9. The fourth-order valence-electron chi connectivity index (χ4n) is 3.68. The van der Waals surface area contributed by atoms with Crippen molar-refractivity contribution >= 4 is 59.0 Å². The van der Waals surface area contributed by atoms with E-state index < -0.39 is 47.4 Å². The molecule has 13 nitrogen and oxygen atoms in total. The SMILES string of the molecule is CSCc1cc(C(N)C(=O)NC2C(=O)N3C(C(=O)O)=C(CSc4cn[nH]n4)CSC23)ccc1O.O=C(O)C(F)(F)F. The highest BCUT2D eigenvalue weighted by Gasteiger charge is 2.54. The molecule has 0 spiro atoms. The van der Waals surface area contributed by atoms with E-state index in [0.29, 0.717) is 39.0 Å².